The molecular weight excluding hydrogens is 150 g/mol. The van der Waals surface area contributed by atoms with Crippen LogP contribution < -0.4 is 5.73 Å². The minimum Gasteiger partial charge on any atom is -0.323 e. The van der Waals surface area contributed by atoms with E-state index in [4.69, 9.17) is 5.73 Å². The predicted molar refractivity (Wildman–Crippen MR) is 47.6 cm³/mol. The second-order valence-electron chi connectivity index (χ2n) is 4.27. The van der Waals surface area contributed by atoms with Crippen molar-refractivity contribution >= 4 is 0 Å². The third kappa shape index (κ3) is 0.966. The molecule has 0 saturated heterocycles. The molecule has 0 amide bonds. The molecule has 0 fully saturated rings. The van der Waals surface area contributed by atoms with Gasteiger partial charge in [0.2, 0.25) is 0 Å². The highest BCUT2D eigenvalue weighted by atomic mass is 15.1. The van der Waals surface area contributed by atoms with E-state index in [0.717, 1.165) is 12.8 Å². The number of hydrogen-bond acceptors (Lipinski definition) is 2. The maximum atomic E-state index is 6.11. The van der Waals surface area contributed by atoms with Crippen LogP contribution in [0.5, 0.6) is 0 Å². The van der Waals surface area contributed by atoms with Gasteiger partial charge in [-0.1, -0.05) is 13.8 Å². The van der Waals surface area contributed by atoms with Gasteiger partial charge in [0, 0.05) is 17.3 Å². The summed E-state index contributed by atoms with van der Waals surface area (Å²) in [5.74, 6) is 0. The van der Waals surface area contributed by atoms with E-state index in [1.54, 1.807) is 0 Å². The summed E-state index contributed by atoms with van der Waals surface area (Å²) in [4.78, 5) is 0. The number of rotatable bonds is 0. The minimum atomic E-state index is 0.139. The third-order valence-electron chi connectivity index (χ3n) is 2.95. The Morgan fingerprint density at radius 2 is 2.42 bits per heavy atom. The monoisotopic (exact) mass is 165 g/mol. The lowest BCUT2D eigenvalue weighted by molar-refractivity contribution is 0.248. The minimum absolute atomic E-state index is 0.139. The highest BCUT2D eigenvalue weighted by molar-refractivity contribution is 5.25. The maximum Gasteiger partial charge on any atom is 0.0538 e. The first-order valence-electron chi connectivity index (χ1n) is 4.39. The van der Waals surface area contributed by atoms with Crippen molar-refractivity contribution in [3.05, 3.63) is 17.5 Å². The van der Waals surface area contributed by atoms with Gasteiger partial charge in [0.15, 0.2) is 0 Å². The highest BCUT2D eigenvalue weighted by Gasteiger charge is 2.34. The van der Waals surface area contributed by atoms with Crippen molar-refractivity contribution in [1.29, 1.82) is 0 Å². The fourth-order valence-corrected chi connectivity index (χ4v) is 1.81. The molecular formula is C9H15N3. The summed E-state index contributed by atoms with van der Waals surface area (Å²) in [6.07, 6.45) is 4.08. The number of aromatic nitrogens is 2. The fourth-order valence-electron chi connectivity index (χ4n) is 1.81. The Morgan fingerprint density at radius 1 is 1.67 bits per heavy atom. The van der Waals surface area contributed by atoms with E-state index >= 15 is 0 Å². The standard InChI is InChI=1S/C9H15N3/c1-9(2)4-3-7-6(8(9)10)5-11-12-7/h5,8H,3-4,10H2,1-2H3,(H,11,12). The van der Waals surface area contributed by atoms with Crippen LogP contribution in [0.1, 0.15) is 37.6 Å². The molecule has 1 heterocycles. The Bertz CT molecular complexity index is 288. The average Bonchev–Trinajstić information content (AvgIpc) is 2.45. The number of aromatic amines is 1. The van der Waals surface area contributed by atoms with Crippen LogP contribution in [0.15, 0.2) is 6.20 Å². The Balaban J connectivity index is 2.42. The molecule has 0 radical (unpaired) electrons. The molecule has 0 bridgehead atoms. The van der Waals surface area contributed by atoms with Gasteiger partial charge in [-0.25, -0.2) is 0 Å². The lowest BCUT2D eigenvalue weighted by Gasteiger charge is -2.35. The Kier molecular flexibility index (Phi) is 1.51. The van der Waals surface area contributed by atoms with Crippen LogP contribution in [0.4, 0.5) is 0 Å². The molecule has 66 valence electrons. The quantitative estimate of drug-likeness (QED) is 0.610. The van der Waals surface area contributed by atoms with Crippen molar-refractivity contribution in [1.82, 2.24) is 10.2 Å². The van der Waals surface area contributed by atoms with Crippen LogP contribution in [-0.4, -0.2) is 10.2 Å². The lowest BCUT2D eigenvalue weighted by Crippen LogP contribution is -2.33. The lowest BCUT2D eigenvalue weighted by atomic mass is 9.73. The first kappa shape index (κ1) is 7.80. The summed E-state index contributed by atoms with van der Waals surface area (Å²) in [6, 6.07) is 0.139. The molecule has 0 spiro atoms. The van der Waals surface area contributed by atoms with Gasteiger partial charge in [-0.2, -0.15) is 5.10 Å². The van der Waals surface area contributed by atoms with Gasteiger partial charge in [0.1, 0.15) is 0 Å². The van der Waals surface area contributed by atoms with Crippen molar-refractivity contribution in [2.45, 2.75) is 32.7 Å². The van der Waals surface area contributed by atoms with Crippen LogP contribution in [0, 0.1) is 5.41 Å². The van der Waals surface area contributed by atoms with Crippen molar-refractivity contribution in [2.24, 2.45) is 11.1 Å². The summed E-state index contributed by atoms with van der Waals surface area (Å²) >= 11 is 0. The third-order valence-corrected chi connectivity index (χ3v) is 2.95. The van der Waals surface area contributed by atoms with E-state index in [1.807, 2.05) is 6.20 Å². The number of aryl methyl sites for hydroxylation is 1. The van der Waals surface area contributed by atoms with E-state index in [2.05, 4.69) is 24.0 Å². The second-order valence-corrected chi connectivity index (χ2v) is 4.27. The van der Waals surface area contributed by atoms with Gasteiger partial charge in [-0.15, -0.1) is 0 Å². The summed E-state index contributed by atoms with van der Waals surface area (Å²) in [5.41, 5.74) is 8.75. The van der Waals surface area contributed by atoms with Gasteiger partial charge >= 0.3 is 0 Å². The topological polar surface area (TPSA) is 54.7 Å². The van der Waals surface area contributed by atoms with Crippen molar-refractivity contribution in [3.63, 3.8) is 0 Å². The number of nitrogens with one attached hydrogen (secondary N) is 1. The molecule has 12 heavy (non-hydrogen) atoms. The van der Waals surface area contributed by atoms with Crippen molar-refractivity contribution < 1.29 is 0 Å². The van der Waals surface area contributed by atoms with Crippen LogP contribution in [0.2, 0.25) is 0 Å². The predicted octanol–water partition coefficient (Wildman–Crippen LogP) is 1.38. The molecule has 3 N–H and O–H groups in total. The van der Waals surface area contributed by atoms with Crippen molar-refractivity contribution in [3.8, 4) is 0 Å². The summed E-state index contributed by atoms with van der Waals surface area (Å²) in [5, 5.41) is 7.01. The summed E-state index contributed by atoms with van der Waals surface area (Å²) in [7, 11) is 0. The van der Waals surface area contributed by atoms with Gasteiger partial charge in [0.05, 0.1) is 6.20 Å². The van der Waals surface area contributed by atoms with Gasteiger partial charge in [-0.3, -0.25) is 5.10 Å². The molecule has 2 rings (SSSR count). The first-order valence-corrected chi connectivity index (χ1v) is 4.39. The van der Waals surface area contributed by atoms with Gasteiger partial charge in [-0.05, 0) is 18.3 Å². The average molecular weight is 165 g/mol. The van der Waals surface area contributed by atoms with Crippen LogP contribution in [0.3, 0.4) is 0 Å². The maximum absolute atomic E-state index is 6.11. The number of fused-ring (bicyclic) bond motifs is 1. The van der Waals surface area contributed by atoms with E-state index in [9.17, 15) is 0 Å². The molecule has 1 aliphatic carbocycles. The van der Waals surface area contributed by atoms with E-state index in [-0.39, 0.29) is 11.5 Å². The normalized spacial score (nSPS) is 26.8. The fraction of sp³-hybridized carbons (Fsp3) is 0.667. The molecule has 1 atom stereocenters. The number of hydrogen-bond donors (Lipinski definition) is 2. The molecule has 0 aliphatic heterocycles. The zero-order chi connectivity index (χ0) is 8.77. The first-order chi connectivity index (χ1) is 5.61. The van der Waals surface area contributed by atoms with Gasteiger partial charge in [0.25, 0.3) is 0 Å². The molecule has 1 unspecified atom stereocenters. The molecule has 3 heteroatoms. The van der Waals surface area contributed by atoms with E-state index in [0.29, 0.717) is 0 Å². The molecule has 1 aliphatic rings. The summed E-state index contributed by atoms with van der Waals surface area (Å²) < 4.78 is 0. The second kappa shape index (κ2) is 2.33. The molecule has 0 saturated carbocycles. The molecule has 0 aromatic carbocycles. The summed E-state index contributed by atoms with van der Waals surface area (Å²) in [6.45, 7) is 4.43. The zero-order valence-corrected chi connectivity index (χ0v) is 7.59. The number of nitrogens with two attached hydrogens (primary N) is 1. The highest BCUT2D eigenvalue weighted by Crippen LogP contribution is 2.40. The largest absolute Gasteiger partial charge is 0.323 e. The van der Waals surface area contributed by atoms with Crippen LogP contribution in [-0.2, 0) is 6.42 Å². The Labute approximate surface area is 72.4 Å². The van der Waals surface area contributed by atoms with Crippen LogP contribution in [0.25, 0.3) is 0 Å². The van der Waals surface area contributed by atoms with E-state index < -0.39 is 0 Å². The number of H-pyrrole nitrogens is 1. The van der Waals surface area contributed by atoms with E-state index in [1.165, 1.54) is 11.3 Å². The van der Waals surface area contributed by atoms with Crippen LogP contribution >= 0.6 is 0 Å². The zero-order valence-electron chi connectivity index (χ0n) is 7.59. The van der Waals surface area contributed by atoms with Gasteiger partial charge < -0.3 is 5.73 Å². The van der Waals surface area contributed by atoms with Crippen molar-refractivity contribution in [2.75, 3.05) is 0 Å². The number of nitrogens with zero attached hydrogens (tertiary/aromatic N) is 1. The Morgan fingerprint density at radius 3 is 3.17 bits per heavy atom. The molecule has 1 aromatic heterocycles. The smallest absolute Gasteiger partial charge is 0.0538 e. The molecule has 3 nitrogen and oxygen atoms in total. The SMILES string of the molecule is CC1(C)CCc2[nH]ncc2C1N. The Hall–Kier alpha value is -0.830. The molecule has 1 aromatic rings.